The molecule has 23 heavy (non-hydrogen) atoms. The maximum absolute atomic E-state index is 12.7. The summed E-state index contributed by atoms with van der Waals surface area (Å²) in [5.41, 5.74) is 2.01. The van der Waals surface area contributed by atoms with Crippen molar-refractivity contribution in [2.24, 2.45) is 0 Å². The second-order valence-electron chi connectivity index (χ2n) is 5.40. The number of benzene rings is 1. The van der Waals surface area contributed by atoms with Crippen LogP contribution in [0.1, 0.15) is 17.2 Å². The monoisotopic (exact) mass is 351 g/mol. The van der Waals surface area contributed by atoms with Crippen molar-refractivity contribution in [3.8, 4) is 0 Å². The summed E-state index contributed by atoms with van der Waals surface area (Å²) in [7, 11) is 0. The van der Waals surface area contributed by atoms with Crippen molar-refractivity contribution >= 4 is 29.9 Å². The van der Waals surface area contributed by atoms with Gasteiger partial charge < -0.3 is 10.2 Å². The van der Waals surface area contributed by atoms with E-state index in [-0.39, 0.29) is 24.4 Å². The molecule has 3 rings (SSSR count). The van der Waals surface area contributed by atoms with Gasteiger partial charge in [0, 0.05) is 37.1 Å². The Kier molecular flexibility index (Phi) is 6.39. The number of amides is 1. The number of carbonyl (C=O) groups excluding carboxylic acids is 1. The average molecular weight is 352 g/mol. The van der Waals surface area contributed by atoms with Crippen molar-refractivity contribution in [2.75, 3.05) is 19.6 Å². The molecule has 0 radical (unpaired) electrons. The molecule has 0 bridgehead atoms. The van der Waals surface area contributed by atoms with Crippen LogP contribution < -0.4 is 5.32 Å². The molecule has 2 aromatic rings. The van der Waals surface area contributed by atoms with Gasteiger partial charge in [0.2, 0.25) is 5.91 Å². The second kappa shape index (κ2) is 8.29. The molecule has 0 aliphatic carbocycles. The molecule has 1 amide bonds. The van der Waals surface area contributed by atoms with Crippen LogP contribution in [0.3, 0.4) is 0 Å². The van der Waals surface area contributed by atoms with Crippen LogP contribution in [0, 0.1) is 0 Å². The van der Waals surface area contributed by atoms with Crippen LogP contribution in [0.5, 0.6) is 0 Å². The van der Waals surface area contributed by atoms with Crippen LogP contribution in [0.2, 0.25) is 5.02 Å². The molecule has 1 N–H and O–H groups in total. The molecule has 0 saturated carbocycles. The van der Waals surface area contributed by atoms with Crippen LogP contribution in [0.15, 0.2) is 48.8 Å². The summed E-state index contributed by atoms with van der Waals surface area (Å²) >= 11 is 6.00. The maximum Gasteiger partial charge on any atom is 0.227 e. The molecule has 1 aromatic carbocycles. The number of halogens is 2. The van der Waals surface area contributed by atoms with Crippen molar-refractivity contribution in [1.29, 1.82) is 0 Å². The standard InChI is InChI=1S/C17H18ClN3O.ClH/c18-15-5-1-3-13(9-15)10-17(22)21-8-7-20-12-16(21)14-4-2-6-19-11-14;/h1-6,9,11,16,20H,7-8,10,12H2;1H. The largest absolute Gasteiger partial charge is 0.333 e. The molecule has 1 aromatic heterocycles. The zero-order valence-electron chi connectivity index (χ0n) is 12.6. The van der Waals surface area contributed by atoms with E-state index in [4.69, 9.17) is 11.6 Å². The lowest BCUT2D eigenvalue weighted by atomic mass is 10.0. The molecule has 1 aliphatic rings. The third-order valence-electron chi connectivity index (χ3n) is 3.88. The first-order chi connectivity index (χ1) is 10.7. The Morgan fingerprint density at radius 3 is 2.96 bits per heavy atom. The molecule has 1 unspecified atom stereocenters. The summed E-state index contributed by atoms with van der Waals surface area (Å²) in [5, 5.41) is 4.01. The lowest BCUT2D eigenvalue weighted by Crippen LogP contribution is -2.49. The van der Waals surface area contributed by atoms with Crippen molar-refractivity contribution in [3.63, 3.8) is 0 Å². The highest BCUT2D eigenvalue weighted by Gasteiger charge is 2.27. The van der Waals surface area contributed by atoms with Gasteiger partial charge in [-0.15, -0.1) is 12.4 Å². The van der Waals surface area contributed by atoms with E-state index >= 15 is 0 Å². The SMILES string of the molecule is Cl.O=C(Cc1cccc(Cl)c1)N1CCNCC1c1cccnc1. The van der Waals surface area contributed by atoms with Gasteiger partial charge in [0.1, 0.15) is 0 Å². The highest BCUT2D eigenvalue weighted by atomic mass is 35.5. The fraction of sp³-hybridized carbons (Fsp3) is 0.294. The van der Waals surface area contributed by atoms with Crippen LogP contribution in [-0.2, 0) is 11.2 Å². The van der Waals surface area contributed by atoms with Crippen LogP contribution in [-0.4, -0.2) is 35.4 Å². The Bertz CT molecular complexity index is 651. The summed E-state index contributed by atoms with van der Waals surface area (Å²) in [6.45, 7) is 2.28. The summed E-state index contributed by atoms with van der Waals surface area (Å²) in [5.74, 6) is 0.123. The number of pyridine rings is 1. The van der Waals surface area contributed by atoms with Gasteiger partial charge in [-0.05, 0) is 29.3 Å². The number of nitrogens with zero attached hydrogens (tertiary/aromatic N) is 2. The second-order valence-corrected chi connectivity index (χ2v) is 5.84. The van der Waals surface area contributed by atoms with E-state index in [1.807, 2.05) is 47.5 Å². The first-order valence-electron chi connectivity index (χ1n) is 7.38. The molecule has 1 aliphatic heterocycles. The van der Waals surface area contributed by atoms with E-state index in [1.165, 1.54) is 0 Å². The number of nitrogens with one attached hydrogen (secondary N) is 1. The number of hydrogen-bond acceptors (Lipinski definition) is 3. The number of aromatic nitrogens is 1. The fourth-order valence-corrected chi connectivity index (χ4v) is 3.01. The predicted molar refractivity (Wildman–Crippen MR) is 94.0 cm³/mol. The lowest BCUT2D eigenvalue weighted by molar-refractivity contribution is -0.133. The quantitative estimate of drug-likeness (QED) is 0.924. The number of piperazine rings is 1. The minimum atomic E-state index is 0. The van der Waals surface area contributed by atoms with Crippen LogP contribution >= 0.6 is 24.0 Å². The molecule has 1 saturated heterocycles. The van der Waals surface area contributed by atoms with Crippen LogP contribution in [0.4, 0.5) is 0 Å². The van der Waals surface area contributed by atoms with E-state index in [0.717, 1.165) is 24.2 Å². The Morgan fingerprint density at radius 2 is 2.22 bits per heavy atom. The van der Waals surface area contributed by atoms with Gasteiger partial charge in [-0.1, -0.05) is 29.8 Å². The summed E-state index contributed by atoms with van der Waals surface area (Å²) < 4.78 is 0. The third kappa shape index (κ3) is 4.44. The van der Waals surface area contributed by atoms with E-state index in [2.05, 4.69) is 10.3 Å². The summed E-state index contributed by atoms with van der Waals surface area (Å²) in [6.07, 6.45) is 3.95. The molecule has 0 spiro atoms. The molecular weight excluding hydrogens is 333 g/mol. The molecule has 6 heteroatoms. The Hall–Kier alpha value is -1.62. The first-order valence-corrected chi connectivity index (χ1v) is 7.76. The molecule has 1 fully saturated rings. The normalized spacial score (nSPS) is 17.4. The van der Waals surface area contributed by atoms with Gasteiger partial charge in [-0.25, -0.2) is 0 Å². The van der Waals surface area contributed by atoms with Crippen molar-refractivity contribution in [1.82, 2.24) is 15.2 Å². The summed E-state index contributed by atoms with van der Waals surface area (Å²) in [6, 6.07) is 11.4. The van der Waals surface area contributed by atoms with Crippen molar-refractivity contribution < 1.29 is 4.79 Å². The highest BCUT2D eigenvalue weighted by Crippen LogP contribution is 2.22. The minimum absolute atomic E-state index is 0. The van der Waals surface area contributed by atoms with Gasteiger partial charge in [-0.3, -0.25) is 9.78 Å². The zero-order chi connectivity index (χ0) is 15.4. The molecule has 2 heterocycles. The minimum Gasteiger partial charge on any atom is -0.333 e. The van der Waals surface area contributed by atoms with E-state index < -0.39 is 0 Å². The molecule has 122 valence electrons. The Balaban J connectivity index is 0.00000192. The highest BCUT2D eigenvalue weighted by molar-refractivity contribution is 6.30. The molecule has 1 atom stereocenters. The predicted octanol–water partition coefficient (Wildman–Crippen LogP) is 2.87. The average Bonchev–Trinajstić information content (AvgIpc) is 2.56. The maximum atomic E-state index is 12.7. The van der Waals surface area contributed by atoms with E-state index in [0.29, 0.717) is 18.0 Å². The van der Waals surface area contributed by atoms with E-state index in [1.54, 1.807) is 6.20 Å². The van der Waals surface area contributed by atoms with E-state index in [9.17, 15) is 4.79 Å². The smallest absolute Gasteiger partial charge is 0.227 e. The van der Waals surface area contributed by atoms with Gasteiger partial charge in [0.25, 0.3) is 0 Å². The Labute approximate surface area is 147 Å². The number of carbonyl (C=O) groups is 1. The molecular formula is C17H19Cl2N3O. The number of hydrogen-bond donors (Lipinski definition) is 1. The Morgan fingerprint density at radius 1 is 1.35 bits per heavy atom. The number of rotatable bonds is 3. The van der Waals surface area contributed by atoms with Gasteiger partial charge in [0.15, 0.2) is 0 Å². The molecule has 4 nitrogen and oxygen atoms in total. The summed E-state index contributed by atoms with van der Waals surface area (Å²) in [4.78, 5) is 18.8. The van der Waals surface area contributed by atoms with Crippen molar-refractivity contribution in [3.05, 3.63) is 64.9 Å². The van der Waals surface area contributed by atoms with Gasteiger partial charge >= 0.3 is 0 Å². The fourth-order valence-electron chi connectivity index (χ4n) is 2.80. The van der Waals surface area contributed by atoms with Crippen molar-refractivity contribution in [2.45, 2.75) is 12.5 Å². The lowest BCUT2D eigenvalue weighted by Gasteiger charge is -2.36. The topological polar surface area (TPSA) is 45.2 Å². The first kappa shape index (κ1) is 17.7. The third-order valence-corrected chi connectivity index (χ3v) is 4.11. The van der Waals surface area contributed by atoms with Gasteiger partial charge in [0.05, 0.1) is 12.5 Å². The van der Waals surface area contributed by atoms with Crippen LogP contribution in [0.25, 0.3) is 0 Å². The van der Waals surface area contributed by atoms with Gasteiger partial charge in [-0.2, -0.15) is 0 Å². The zero-order valence-corrected chi connectivity index (χ0v) is 14.2.